The predicted octanol–water partition coefficient (Wildman–Crippen LogP) is 4.17. The Hall–Kier alpha value is -2.59. The van der Waals surface area contributed by atoms with E-state index in [4.69, 9.17) is 0 Å². The van der Waals surface area contributed by atoms with Crippen molar-refractivity contribution >= 4 is 0 Å². The summed E-state index contributed by atoms with van der Waals surface area (Å²) < 4.78 is 2.10. The van der Waals surface area contributed by atoms with Gasteiger partial charge in [-0.05, 0) is 55.6 Å². The van der Waals surface area contributed by atoms with Crippen molar-refractivity contribution in [2.24, 2.45) is 0 Å². The van der Waals surface area contributed by atoms with Crippen LogP contribution < -0.4 is 5.32 Å². The molecule has 0 radical (unpaired) electrons. The van der Waals surface area contributed by atoms with Crippen molar-refractivity contribution in [3.05, 3.63) is 72.8 Å². The monoisotopic (exact) mass is 335 g/mol. The van der Waals surface area contributed by atoms with Crippen LogP contribution in [0.3, 0.4) is 0 Å². The summed E-state index contributed by atoms with van der Waals surface area (Å²) in [5.41, 5.74) is 3.44. The summed E-state index contributed by atoms with van der Waals surface area (Å²) in [6.45, 7) is 6.34. The number of phenols is 1. The van der Waals surface area contributed by atoms with Crippen LogP contribution in [0.5, 0.6) is 5.75 Å². The van der Waals surface area contributed by atoms with Gasteiger partial charge >= 0.3 is 0 Å². The minimum Gasteiger partial charge on any atom is -0.508 e. The van der Waals surface area contributed by atoms with Crippen LogP contribution >= 0.6 is 0 Å². The molecular formula is C21H25N3O. The van der Waals surface area contributed by atoms with Crippen LogP contribution in [0.15, 0.2) is 67.3 Å². The maximum atomic E-state index is 9.40. The van der Waals surface area contributed by atoms with Gasteiger partial charge in [-0.1, -0.05) is 36.4 Å². The van der Waals surface area contributed by atoms with Crippen molar-refractivity contribution in [1.82, 2.24) is 14.9 Å². The van der Waals surface area contributed by atoms with Crippen molar-refractivity contribution in [2.45, 2.75) is 32.4 Å². The van der Waals surface area contributed by atoms with Crippen molar-refractivity contribution in [1.29, 1.82) is 0 Å². The van der Waals surface area contributed by atoms with Crippen LogP contribution in [-0.2, 0) is 12.1 Å². The Labute approximate surface area is 149 Å². The molecule has 3 rings (SSSR count). The molecule has 0 fully saturated rings. The maximum Gasteiger partial charge on any atom is 0.115 e. The van der Waals surface area contributed by atoms with E-state index in [2.05, 4.69) is 53.0 Å². The average Bonchev–Trinajstić information content (AvgIpc) is 3.13. The van der Waals surface area contributed by atoms with Crippen LogP contribution in [0.25, 0.3) is 11.1 Å². The maximum absolute atomic E-state index is 9.40. The third-order valence-corrected chi connectivity index (χ3v) is 4.53. The van der Waals surface area contributed by atoms with E-state index in [0.717, 1.165) is 30.6 Å². The molecule has 1 aromatic heterocycles. The lowest BCUT2D eigenvalue weighted by molar-refractivity contribution is 0.393. The molecular weight excluding hydrogens is 310 g/mol. The summed E-state index contributed by atoms with van der Waals surface area (Å²) in [5.74, 6) is 0.293. The van der Waals surface area contributed by atoms with Crippen LogP contribution in [0, 0.1) is 0 Å². The Morgan fingerprint density at radius 3 is 2.24 bits per heavy atom. The van der Waals surface area contributed by atoms with Gasteiger partial charge in [0.1, 0.15) is 5.75 Å². The zero-order valence-corrected chi connectivity index (χ0v) is 14.8. The van der Waals surface area contributed by atoms with Gasteiger partial charge in [-0.3, -0.25) is 0 Å². The van der Waals surface area contributed by atoms with Gasteiger partial charge < -0.3 is 15.0 Å². The molecule has 0 amide bonds. The lowest BCUT2D eigenvalue weighted by Crippen LogP contribution is -2.37. The highest BCUT2D eigenvalue weighted by Crippen LogP contribution is 2.26. The number of hydrogen-bond acceptors (Lipinski definition) is 3. The first kappa shape index (κ1) is 17.2. The minimum atomic E-state index is -0.0809. The van der Waals surface area contributed by atoms with E-state index in [9.17, 15) is 5.11 Å². The summed E-state index contributed by atoms with van der Waals surface area (Å²) in [4.78, 5) is 4.06. The Morgan fingerprint density at radius 1 is 1.00 bits per heavy atom. The largest absolute Gasteiger partial charge is 0.508 e. The summed E-state index contributed by atoms with van der Waals surface area (Å²) >= 11 is 0. The molecule has 0 bridgehead atoms. The third-order valence-electron chi connectivity index (χ3n) is 4.53. The van der Waals surface area contributed by atoms with Gasteiger partial charge in [-0.2, -0.15) is 0 Å². The smallest absolute Gasteiger partial charge is 0.115 e. The highest BCUT2D eigenvalue weighted by atomic mass is 16.3. The fourth-order valence-corrected chi connectivity index (χ4v) is 2.92. The summed E-state index contributed by atoms with van der Waals surface area (Å²) in [7, 11) is 0. The number of aromatic hydroxyl groups is 1. The minimum absolute atomic E-state index is 0.0809. The van der Waals surface area contributed by atoms with E-state index in [1.165, 1.54) is 5.56 Å². The van der Waals surface area contributed by atoms with Gasteiger partial charge in [-0.25, -0.2) is 4.98 Å². The molecule has 0 unspecified atom stereocenters. The Kier molecular flexibility index (Phi) is 5.19. The number of hydrogen-bond donors (Lipinski definition) is 2. The lowest BCUT2D eigenvalue weighted by atomic mass is 9.92. The van der Waals surface area contributed by atoms with E-state index < -0.39 is 0 Å². The summed E-state index contributed by atoms with van der Waals surface area (Å²) in [6.07, 6.45) is 6.72. The van der Waals surface area contributed by atoms with E-state index in [0.29, 0.717) is 5.75 Å². The molecule has 2 aromatic carbocycles. The number of nitrogens with zero attached hydrogens (tertiary/aromatic N) is 2. The number of phenolic OH excluding ortho intramolecular Hbond substituents is 1. The molecule has 0 saturated carbocycles. The van der Waals surface area contributed by atoms with Crippen molar-refractivity contribution in [2.75, 3.05) is 6.54 Å². The number of aryl methyl sites for hydroxylation is 1. The van der Waals surface area contributed by atoms with E-state index >= 15 is 0 Å². The van der Waals surface area contributed by atoms with E-state index in [-0.39, 0.29) is 5.54 Å². The van der Waals surface area contributed by atoms with Gasteiger partial charge in [-0.15, -0.1) is 0 Å². The molecule has 0 aliphatic carbocycles. The molecule has 0 atom stereocenters. The SMILES string of the molecule is CC(C)(NCCCn1ccnc1)c1ccc(-c2ccc(O)cc2)cc1. The van der Waals surface area contributed by atoms with Gasteiger partial charge in [0.15, 0.2) is 0 Å². The predicted molar refractivity (Wildman–Crippen MR) is 101 cm³/mol. The number of rotatable bonds is 7. The molecule has 130 valence electrons. The van der Waals surface area contributed by atoms with Crippen molar-refractivity contribution < 1.29 is 5.11 Å². The summed E-state index contributed by atoms with van der Waals surface area (Å²) in [6, 6.07) is 15.9. The zero-order valence-electron chi connectivity index (χ0n) is 14.8. The number of imidazole rings is 1. The molecule has 0 aliphatic heterocycles. The van der Waals surface area contributed by atoms with Gasteiger partial charge in [0, 0.05) is 24.5 Å². The molecule has 0 spiro atoms. The molecule has 3 aromatic rings. The van der Waals surface area contributed by atoms with E-state index in [1.54, 1.807) is 12.1 Å². The highest BCUT2D eigenvalue weighted by Gasteiger charge is 2.19. The highest BCUT2D eigenvalue weighted by molar-refractivity contribution is 5.64. The Morgan fingerprint density at radius 2 is 1.64 bits per heavy atom. The van der Waals surface area contributed by atoms with Crippen molar-refractivity contribution in [3.63, 3.8) is 0 Å². The number of benzene rings is 2. The average molecular weight is 335 g/mol. The molecule has 4 heteroatoms. The van der Waals surface area contributed by atoms with Gasteiger partial charge in [0.2, 0.25) is 0 Å². The first-order valence-corrected chi connectivity index (χ1v) is 8.65. The number of aromatic nitrogens is 2. The fraction of sp³-hybridized carbons (Fsp3) is 0.286. The second-order valence-corrected chi connectivity index (χ2v) is 6.83. The zero-order chi connectivity index (χ0) is 17.7. The Bertz CT molecular complexity index is 775. The second-order valence-electron chi connectivity index (χ2n) is 6.83. The standard InChI is InChI=1S/C21H25N3O/c1-21(2,23-12-3-14-24-15-13-22-16-24)19-8-4-17(5-9-19)18-6-10-20(25)11-7-18/h4-11,13,15-16,23,25H,3,12,14H2,1-2H3. The molecule has 0 saturated heterocycles. The van der Waals surface area contributed by atoms with Crippen LogP contribution in [0.4, 0.5) is 0 Å². The topological polar surface area (TPSA) is 50.1 Å². The Balaban J connectivity index is 1.58. The first-order valence-electron chi connectivity index (χ1n) is 8.65. The fourth-order valence-electron chi connectivity index (χ4n) is 2.92. The molecule has 2 N–H and O–H groups in total. The summed E-state index contributed by atoms with van der Waals surface area (Å²) in [5, 5.41) is 13.0. The second kappa shape index (κ2) is 7.53. The van der Waals surface area contributed by atoms with Gasteiger partial charge in [0.05, 0.1) is 6.33 Å². The molecule has 4 nitrogen and oxygen atoms in total. The molecule has 0 aliphatic rings. The van der Waals surface area contributed by atoms with Crippen LogP contribution in [0.1, 0.15) is 25.8 Å². The first-order chi connectivity index (χ1) is 12.0. The van der Waals surface area contributed by atoms with E-state index in [1.807, 2.05) is 30.9 Å². The normalized spacial score (nSPS) is 11.6. The van der Waals surface area contributed by atoms with Crippen LogP contribution in [0.2, 0.25) is 0 Å². The van der Waals surface area contributed by atoms with Gasteiger partial charge in [0.25, 0.3) is 0 Å². The van der Waals surface area contributed by atoms with Crippen LogP contribution in [-0.4, -0.2) is 21.2 Å². The third kappa shape index (κ3) is 4.48. The lowest BCUT2D eigenvalue weighted by Gasteiger charge is -2.27. The number of nitrogens with one attached hydrogen (secondary N) is 1. The van der Waals surface area contributed by atoms with Crippen molar-refractivity contribution in [3.8, 4) is 16.9 Å². The molecule has 25 heavy (non-hydrogen) atoms. The quantitative estimate of drug-likeness (QED) is 0.637. The molecule has 1 heterocycles.